The monoisotopic (exact) mass is 436 g/mol. The van der Waals surface area contributed by atoms with Crippen molar-refractivity contribution in [3.63, 3.8) is 0 Å². The molecule has 6 nitrogen and oxygen atoms in total. The summed E-state index contributed by atoms with van der Waals surface area (Å²) in [5, 5.41) is 1.35. The van der Waals surface area contributed by atoms with Crippen LogP contribution in [0.3, 0.4) is 0 Å². The summed E-state index contributed by atoms with van der Waals surface area (Å²) in [7, 11) is 0. The van der Waals surface area contributed by atoms with E-state index in [1.165, 1.54) is 30.7 Å². The van der Waals surface area contributed by atoms with Gasteiger partial charge in [-0.15, -0.1) is 0 Å². The molecule has 0 spiro atoms. The molecule has 1 atom stereocenters. The first-order chi connectivity index (χ1) is 15.1. The molecule has 0 radical (unpaired) electrons. The van der Waals surface area contributed by atoms with Crippen molar-refractivity contribution in [2.24, 2.45) is 5.92 Å². The normalized spacial score (nSPS) is 15.0. The zero-order valence-corrected chi connectivity index (χ0v) is 20.3. The molecule has 0 bridgehead atoms. The zero-order valence-electron chi connectivity index (χ0n) is 20.3. The van der Waals surface area contributed by atoms with E-state index in [0.29, 0.717) is 12.1 Å². The van der Waals surface area contributed by atoms with Crippen LogP contribution in [-0.2, 0) is 19.1 Å². The van der Waals surface area contributed by atoms with Crippen molar-refractivity contribution in [3.05, 3.63) is 30.3 Å². The number of nitrogens with zero attached hydrogens (tertiary/aromatic N) is 1. The Hall–Kier alpha value is -1.92. The van der Waals surface area contributed by atoms with Gasteiger partial charge in [0.2, 0.25) is 0 Å². The number of para-hydroxylation sites is 1. The average Bonchev–Trinajstić information content (AvgIpc) is 3.07. The van der Waals surface area contributed by atoms with Gasteiger partial charge in [0.05, 0.1) is 5.69 Å². The van der Waals surface area contributed by atoms with Crippen molar-refractivity contribution in [2.45, 2.75) is 79.6 Å². The van der Waals surface area contributed by atoms with Gasteiger partial charge in [0, 0.05) is 26.4 Å². The minimum atomic E-state index is -0.518. The fourth-order valence-electron chi connectivity index (χ4n) is 2.74. The summed E-state index contributed by atoms with van der Waals surface area (Å²) in [4.78, 5) is 23.8. The fourth-order valence-corrected chi connectivity index (χ4v) is 2.74. The number of hydrazine groups is 1. The van der Waals surface area contributed by atoms with Crippen molar-refractivity contribution in [1.29, 1.82) is 0 Å². The molecule has 1 aliphatic rings. The third-order valence-corrected chi connectivity index (χ3v) is 4.61. The van der Waals surface area contributed by atoms with E-state index in [1.807, 2.05) is 39.0 Å². The van der Waals surface area contributed by atoms with Crippen LogP contribution < -0.4 is 10.4 Å². The van der Waals surface area contributed by atoms with Crippen molar-refractivity contribution >= 4 is 17.5 Å². The summed E-state index contributed by atoms with van der Waals surface area (Å²) in [5.74, 6) is -0.850. The molecule has 6 heteroatoms. The van der Waals surface area contributed by atoms with Crippen LogP contribution in [-0.4, -0.2) is 38.2 Å². The molecule has 0 aliphatic carbocycles. The van der Waals surface area contributed by atoms with Crippen LogP contribution in [0.5, 0.6) is 0 Å². The first-order valence-corrected chi connectivity index (χ1v) is 11.9. The molecule has 1 heterocycles. The minimum Gasteiger partial charge on any atom is -0.382 e. The second kappa shape index (κ2) is 20.0. The standard InChI is InChI=1S/C13H16N2O2.C8H18O.C4H10O/c1-2-3-9-11-12(16)14-15(13(11)17)10-7-5-4-6-8-10;1-3-5-7-9-8-6-4-2;1-3-5-4-2/h4-8,11H,2-3,9H2,1H3,(H,14,16);3-8H2,1-2H3;3-4H2,1-2H3. The maximum absolute atomic E-state index is 12.1. The Morgan fingerprint density at radius 1 is 0.806 bits per heavy atom. The van der Waals surface area contributed by atoms with E-state index >= 15 is 0 Å². The third-order valence-electron chi connectivity index (χ3n) is 4.61. The molecular formula is C25H44N2O4. The Morgan fingerprint density at radius 2 is 1.35 bits per heavy atom. The number of hydrogen-bond donors (Lipinski definition) is 1. The highest BCUT2D eigenvalue weighted by Gasteiger charge is 2.39. The van der Waals surface area contributed by atoms with Crippen LogP contribution >= 0.6 is 0 Å². The smallest absolute Gasteiger partial charge is 0.258 e. The molecule has 31 heavy (non-hydrogen) atoms. The number of carbonyl (C=O) groups excluding carboxylic acids is 2. The Kier molecular flexibility index (Phi) is 18.8. The molecule has 1 aromatic carbocycles. The number of nitrogens with one attached hydrogen (secondary N) is 1. The van der Waals surface area contributed by atoms with E-state index < -0.39 is 5.92 Å². The number of unbranched alkanes of at least 4 members (excludes halogenated alkanes) is 3. The lowest BCUT2D eigenvalue weighted by molar-refractivity contribution is -0.127. The third kappa shape index (κ3) is 13.2. The zero-order chi connectivity index (χ0) is 23.3. The largest absolute Gasteiger partial charge is 0.382 e. The predicted octanol–water partition coefficient (Wildman–Crippen LogP) is 5.52. The molecule has 178 valence electrons. The van der Waals surface area contributed by atoms with Gasteiger partial charge < -0.3 is 9.47 Å². The molecule has 1 aliphatic heterocycles. The predicted molar refractivity (Wildman–Crippen MR) is 128 cm³/mol. The number of hydrogen-bond acceptors (Lipinski definition) is 4. The Bertz CT molecular complexity index is 558. The SMILES string of the molecule is CCCCC1C(=O)NN(c2ccccc2)C1=O.CCCCOCCCC.CCOCC. The molecule has 1 aromatic rings. The van der Waals surface area contributed by atoms with Crippen LogP contribution in [0.1, 0.15) is 79.6 Å². The second-order valence-electron chi connectivity index (χ2n) is 7.28. The van der Waals surface area contributed by atoms with Crippen molar-refractivity contribution in [3.8, 4) is 0 Å². The summed E-state index contributed by atoms with van der Waals surface area (Å²) in [5.41, 5.74) is 3.34. The maximum Gasteiger partial charge on any atom is 0.258 e. The highest BCUT2D eigenvalue weighted by Crippen LogP contribution is 2.22. The summed E-state index contributed by atoms with van der Waals surface area (Å²) < 4.78 is 10.1. The summed E-state index contributed by atoms with van der Waals surface area (Å²) in [6.45, 7) is 14.0. The van der Waals surface area contributed by atoms with Gasteiger partial charge in [-0.3, -0.25) is 15.0 Å². The number of rotatable bonds is 12. The van der Waals surface area contributed by atoms with E-state index in [-0.39, 0.29) is 11.8 Å². The van der Waals surface area contributed by atoms with Gasteiger partial charge >= 0.3 is 0 Å². The van der Waals surface area contributed by atoms with Crippen LogP contribution in [0.25, 0.3) is 0 Å². The van der Waals surface area contributed by atoms with Crippen LogP contribution in [0, 0.1) is 5.92 Å². The molecule has 2 rings (SSSR count). The molecule has 1 saturated heterocycles. The number of benzene rings is 1. The quantitative estimate of drug-likeness (QED) is 0.346. The van der Waals surface area contributed by atoms with E-state index in [1.54, 1.807) is 12.1 Å². The number of ether oxygens (including phenoxy) is 2. The Balaban J connectivity index is 0.000000541. The van der Waals surface area contributed by atoms with E-state index in [9.17, 15) is 9.59 Å². The number of anilines is 1. The summed E-state index contributed by atoms with van der Waals surface area (Å²) in [6, 6.07) is 9.17. The topological polar surface area (TPSA) is 67.9 Å². The molecule has 2 amide bonds. The van der Waals surface area contributed by atoms with E-state index in [0.717, 1.165) is 39.3 Å². The van der Waals surface area contributed by atoms with Gasteiger partial charge in [-0.2, -0.15) is 0 Å². The van der Waals surface area contributed by atoms with Crippen LogP contribution in [0.4, 0.5) is 5.69 Å². The molecule has 0 saturated carbocycles. The minimum absolute atomic E-state index is 0.144. The molecular weight excluding hydrogens is 392 g/mol. The lowest BCUT2D eigenvalue weighted by Crippen LogP contribution is -2.35. The average molecular weight is 437 g/mol. The summed E-state index contributed by atoms with van der Waals surface area (Å²) >= 11 is 0. The van der Waals surface area contributed by atoms with Gasteiger partial charge in [-0.05, 0) is 45.2 Å². The molecule has 1 N–H and O–H groups in total. The number of carbonyl (C=O) groups is 2. The molecule has 1 fully saturated rings. The fraction of sp³-hybridized carbons (Fsp3) is 0.680. The lowest BCUT2D eigenvalue weighted by atomic mass is 10.0. The van der Waals surface area contributed by atoms with Crippen LogP contribution in [0.2, 0.25) is 0 Å². The van der Waals surface area contributed by atoms with Crippen molar-refractivity contribution in [2.75, 3.05) is 31.4 Å². The lowest BCUT2D eigenvalue weighted by Gasteiger charge is -2.14. The van der Waals surface area contributed by atoms with Gasteiger partial charge in [0.1, 0.15) is 5.92 Å². The van der Waals surface area contributed by atoms with E-state index in [4.69, 9.17) is 9.47 Å². The maximum atomic E-state index is 12.1. The van der Waals surface area contributed by atoms with Gasteiger partial charge in [-0.25, -0.2) is 5.01 Å². The first kappa shape index (κ1) is 29.1. The van der Waals surface area contributed by atoms with Crippen molar-refractivity contribution < 1.29 is 19.1 Å². The summed E-state index contributed by atoms with van der Waals surface area (Å²) in [6.07, 6.45) is 7.42. The van der Waals surface area contributed by atoms with Crippen LogP contribution in [0.15, 0.2) is 30.3 Å². The van der Waals surface area contributed by atoms with Gasteiger partial charge in [-0.1, -0.05) is 64.7 Å². The Labute approximate surface area is 189 Å². The van der Waals surface area contributed by atoms with E-state index in [2.05, 4.69) is 19.3 Å². The van der Waals surface area contributed by atoms with Crippen molar-refractivity contribution in [1.82, 2.24) is 5.43 Å². The highest BCUT2D eigenvalue weighted by atomic mass is 16.5. The Morgan fingerprint density at radius 3 is 1.81 bits per heavy atom. The molecule has 0 aromatic heterocycles. The molecule has 1 unspecified atom stereocenters. The first-order valence-electron chi connectivity index (χ1n) is 11.9. The second-order valence-corrected chi connectivity index (χ2v) is 7.28. The highest BCUT2D eigenvalue weighted by molar-refractivity contribution is 6.14. The number of amides is 2. The van der Waals surface area contributed by atoms with Gasteiger partial charge in [0.25, 0.3) is 11.8 Å². The van der Waals surface area contributed by atoms with Gasteiger partial charge in [0.15, 0.2) is 0 Å².